The molecule has 0 spiro atoms. The molecule has 1 aliphatic heterocycles. The van der Waals surface area contributed by atoms with Crippen molar-refractivity contribution in [3.05, 3.63) is 95.8 Å². The van der Waals surface area contributed by atoms with Gasteiger partial charge in [-0.3, -0.25) is 4.79 Å². The van der Waals surface area contributed by atoms with Crippen LogP contribution in [0.4, 0.5) is 0 Å². The van der Waals surface area contributed by atoms with Crippen molar-refractivity contribution in [2.75, 3.05) is 20.3 Å². The van der Waals surface area contributed by atoms with Gasteiger partial charge >= 0.3 is 0 Å². The van der Waals surface area contributed by atoms with Crippen molar-refractivity contribution in [2.24, 2.45) is 0 Å². The second-order valence-electron chi connectivity index (χ2n) is 8.38. The van der Waals surface area contributed by atoms with Crippen molar-refractivity contribution in [3.63, 3.8) is 0 Å². The van der Waals surface area contributed by atoms with Gasteiger partial charge in [-0.05, 0) is 48.2 Å². The van der Waals surface area contributed by atoms with E-state index in [1.165, 1.54) is 0 Å². The first-order chi connectivity index (χ1) is 16.2. The summed E-state index contributed by atoms with van der Waals surface area (Å²) < 4.78 is 11.0. The lowest BCUT2D eigenvalue weighted by Crippen LogP contribution is -2.49. The van der Waals surface area contributed by atoms with Gasteiger partial charge in [-0.1, -0.05) is 54.6 Å². The summed E-state index contributed by atoms with van der Waals surface area (Å²) >= 11 is 0. The smallest absolute Gasteiger partial charge is 0.231 e. The van der Waals surface area contributed by atoms with E-state index in [1.54, 1.807) is 7.11 Å². The Morgan fingerprint density at radius 1 is 1.00 bits per heavy atom. The molecule has 1 atom stereocenters. The minimum Gasteiger partial charge on any atom is -0.497 e. The predicted octanol–water partition coefficient (Wildman–Crippen LogP) is 4.53. The normalized spacial score (nSPS) is 16.3. The van der Waals surface area contributed by atoms with Crippen LogP contribution in [0.25, 0.3) is 11.0 Å². The van der Waals surface area contributed by atoms with Gasteiger partial charge in [0.05, 0.1) is 23.6 Å². The van der Waals surface area contributed by atoms with E-state index in [9.17, 15) is 4.79 Å². The molecule has 5 rings (SSSR count). The number of aromatic nitrogens is 2. The third kappa shape index (κ3) is 4.10. The fraction of sp³-hybridized carbons (Fsp3) is 0.259. The van der Waals surface area contributed by atoms with Crippen LogP contribution in [0.15, 0.2) is 78.9 Å². The maximum absolute atomic E-state index is 14.0. The number of amides is 1. The van der Waals surface area contributed by atoms with Gasteiger partial charge in [0.1, 0.15) is 17.6 Å². The van der Waals surface area contributed by atoms with Crippen molar-refractivity contribution in [1.82, 2.24) is 15.3 Å². The Hall–Kier alpha value is -3.64. The quantitative estimate of drug-likeness (QED) is 0.461. The number of carbonyl (C=O) groups excluding carboxylic acids is 1. The molecule has 1 unspecified atom stereocenters. The van der Waals surface area contributed by atoms with Gasteiger partial charge in [0.15, 0.2) is 0 Å². The van der Waals surface area contributed by atoms with Crippen LogP contribution in [-0.2, 0) is 14.9 Å². The number of hydrogen-bond donors (Lipinski definition) is 2. The lowest BCUT2D eigenvalue weighted by atomic mass is 9.73. The molecule has 3 aromatic carbocycles. The standard InChI is InChI=1S/C27H27N3O3/c1-32-21-13-11-20(12-14-21)27(15-17-33-18-16-27)26(31)30-24(19-7-3-2-4-8-19)25-28-22-9-5-6-10-23(22)29-25/h2-14,24H,15-18H2,1H3,(H,28,29)(H,30,31). The summed E-state index contributed by atoms with van der Waals surface area (Å²) in [4.78, 5) is 22.2. The molecule has 2 N–H and O–H groups in total. The topological polar surface area (TPSA) is 76.2 Å². The van der Waals surface area contributed by atoms with Crippen LogP contribution in [0, 0.1) is 0 Å². The Labute approximate surface area is 193 Å². The minimum atomic E-state index is -0.677. The summed E-state index contributed by atoms with van der Waals surface area (Å²) in [5.41, 5.74) is 3.09. The molecule has 2 heterocycles. The van der Waals surface area contributed by atoms with Gasteiger partial charge in [-0.2, -0.15) is 0 Å². The van der Waals surface area contributed by atoms with Gasteiger partial charge in [-0.25, -0.2) is 4.98 Å². The van der Waals surface area contributed by atoms with Crippen molar-refractivity contribution in [2.45, 2.75) is 24.3 Å². The molecule has 33 heavy (non-hydrogen) atoms. The number of rotatable bonds is 6. The number of para-hydroxylation sites is 2. The van der Waals surface area contributed by atoms with Gasteiger partial charge in [0, 0.05) is 13.2 Å². The first-order valence-electron chi connectivity index (χ1n) is 11.2. The summed E-state index contributed by atoms with van der Waals surface area (Å²) in [5, 5.41) is 3.33. The molecule has 1 aromatic heterocycles. The molecule has 0 radical (unpaired) electrons. The van der Waals surface area contributed by atoms with Crippen molar-refractivity contribution < 1.29 is 14.3 Å². The molecule has 0 aliphatic carbocycles. The van der Waals surface area contributed by atoms with E-state index >= 15 is 0 Å². The van der Waals surface area contributed by atoms with Crippen LogP contribution < -0.4 is 10.1 Å². The van der Waals surface area contributed by atoms with E-state index in [4.69, 9.17) is 14.5 Å². The van der Waals surface area contributed by atoms with Crippen molar-refractivity contribution >= 4 is 16.9 Å². The van der Waals surface area contributed by atoms with Crippen LogP contribution in [0.1, 0.15) is 35.8 Å². The zero-order valence-corrected chi connectivity index (χ0v) is 18.6. The third-order valence-corrected chi connectivity index (χ3v) is 6.51. The third-order valence-electron chi connectivity index (χ3n) is 6.51. The largest absolute Gasteiger partial charge is 0.497 e. The van der Waals surface area contributed by atoms with Gasteiger partial charge in [0.25, 0.3) is 0 Å². The molecule has 0 saturated carbocycles. The molecule has 1 fully saturated rings. The number of nitrogens with zero attached hydrogens (tertiary/aromatic N) is 1. The summed E-state index contributed by atoms with van der Waals surface area (Å²) in [6.07, 6.45) is 1.24. The highest BCUT2D eigenvalue weighted by molar-refractivity contribution is 5.89. The van der Waals surface area contributed by atoms with Crippen LogP contribution in [0.2, 0.25) is 0 Å². The van der Waals surface area contributed by atoms with E-state index in [-0.39, 0.29) is 5.91 Å². The molecule has 1 amide bonds. The molecule has 1 aliphatic rings. The number of methoxy groups -OCH3 is 1. The molecule has 1 saturated heterocycles. The monoisotopic (exact) mass is 441 g/mol. The van der Waals surface area contributed by atoms with Crippen molar-refractivity contribution in [3.8, 4) is 5.75 Å². The Morgan fingerprint density at radius 3 is 2.39 bits per heavy atom. The summed E-state index contributed by atoms with van der Waals surface area (Å²) in [6.45, 7) is 1.08. The number of H-pyrrole nitrogens is 1. The number of hydrogen-bond acceptors (Lipinski definition) is 4. The van der Waals surface area contributed by atoms with E-state index < -0.39 is 11.5 Å². The lowest BCUT2D eigenvalue weighted by molar-refractivity contribution is -0.131. The zero-order valence-electron chi connectivity index (χ0n) is 18.6. The highest BCUT2D eigenvalue weighted by atomic mass is 16.5. The first-order valence-corrected chi connectivity index (χ1v) is 11.2. The summed E-state index contributed by atoms with van der Waals surface area (Å²) in [5.74, 6) is 1.46. The Kier molecular flexibility index (Phi) is 5.84. The van der Waals surface area contributed by atoms with Crippen LogP contribution in [0.5, 0.6) is 5.75 Å². The Morgan fingerprint density at radius 2 is 1.70 bits per heavy atom. The van der Waals surface area contributed by atoms with Crippen LogP contribution in [0.3, 0.4) is 0 Å². The van der Waals surface area contributed by atoms with Gasteiger partial charge in [-0.15, -0.1) is 0 Å². The van der Waals surface area contributed by atoms with E-state index in [1.807, 2.05) is 78.9 Å². The Bertz CT molecular complexity index is 1200. The number of carbonyl (C=O) groups is 1. The number of imidazole rings is 1. The Balaban J connectivity index is 1.53. The molecule has 6 heteroatoms. The molecular weight excluding hydrogens is 414 g/mol. The van der Waals surface area contributed by atoms with E-state index in [0.29, 0.717) is 31.9 Å². The van der Waals surface area contributed by atoms with E-state index in [2.05, 4.69) is 10.3 Å². The first kappa shape index (κ1) is 21.2. The highest BCUT2D eigenvalue weighted by Crippen LogP contribution is 2.37. The van der Waals surface area contributed by atoms with Crippen LogP contribution >= 0.6 is 0 Å². The molecule has 0 bridgehead atoms. The fourth-order valence-corrected chi connectivity index (χ4v) is 4.61. The molecule has 168 valence electrons. The zero-order chi connectivity index (χ0) is 22.7. The predicted molar refractivity (Wildman–Crippen MR) is 127 cm³/mol. The fourth-order valence-electron chi connectivity index (χ4n) is 4.61. The molecule has 4 aromatic rings. The van der Waals surface area contributed by atoms with Gasteiger partial charge < -0.3 is 19.8 Å². The summed E-state index contributed by atoms with van der Waals surface area (Å²) in [7, 11) is 1.64. The minimum absolute atomic E-state index is 0.0229. The number of nitrogens with one attached hydrogen (secondary N) is 2. The van der Waals surface area contributed by atoms with E-state index in [0.717, 1.165) is 27.9 Å². The number of aromatic amines is 1. The second-order valence-corrected chi connectivity index (χ2v) is 8.38. The average Bonchev–Trinajstić information content (AvgIpc) is 3.32. The SMILES string of the molecule is COc1ccc(C2(C(=O)NC(c3ccccc3)c3nc4ccccc4[nH]3)CCOCC2)cc1. The molecular formula is C27H27N3O3. The lowest BCUT2D eigenvalue weighted by Gasteiger charge is -2.37. The summed E-state index contributed by atoms with van der Waals surface area (Å²) in [6, 6.07) is 25.3. The number of benzene rings is 3. The number of fused-ring (bicyclic) bond motifs is 1. The van der Waals surface area contributed by atoms with Crippen LogP contribution in [-0.4, -0.2) is 36.2 Å². The maximum atomic E-state index is 14.0. The highest BCUT2D eigenvalue weighted by Gasteiger charge is 2.43. The second kappa shape index (κ2) is 9.08. The molecule has 6 nitrogen and oxygen atoms in total. The van der Waals surface area contributed by atoms with Crippen molar-refractivity contribution in [1.29, 1.82) is 0 Å². The van der Waals surface area contributed by atoms with Gasteiger partial charge in [0.2, 0.25) is 5.91 Å². The number of ether oxygens (including phenoxy) is 2. The average molecular weight is 442 g/mol. The maximum Gasteiger partial charge on any atom is 0.231 e.